The van der Waals surface area contributed by atoms with E-state index in [1.165, 1.54) is 0 Å². The summed E-state index contributed by atoms with van der Waals surface area (Å²) < 4.78 is 16.3. The predicted molar refractivity (Wildman–Crippen MR) is 88.2 cm³/mol. The topological polar surface area (TPSA) is 74.7 Å². The fourth-order valence-electron chi connectivity index (χ4n) is 2.79. The third-order valence-electron chi connectivity index (χ3n) is 4.03. The van der Waals surface area contributed by atoms with Crippen LogP contribution < -0.4 is 9.47 Å². The summed E-state index contributed by atoms with van der Waals surface area (Å²) in [6.07, 6.45) is 5.93. The molecule has 0 saturated carbocycles. The molecule has 1 fully saturated rings. The van der Waals surface area contributed by atoms with Crippen molar-refractivity contribution in [3.8, 4) is 11.5 Å². The monoisotopic (exact) mass is 337 g/mol. The van der Waals surface area contributed by atoms with E-state index in [4.69, 9.17) is 14.2 Å². The summed E-state index contributed by atoms with van der Waals surface area (Å²) in [5, 5.41) is 0. The zero-order chi connectivity index (χ0) is 17.2. The molecule has 25 heavy (non-hydrogen) atoms. The molecule has 6 nitrogen and oxygen atoms in total. The van der Waals surface area contributed by atoms with E-state index in [9.17, 15) is 9.59 Å². The highest BCUT2D eigenvalue weighted by Crippen LogP contribution is 2.35. The molecule has 3 heterocycles. The molecular weight excluding hydrogens is 322 g/mol. The van der Waals surface area contributed by atoms with Gasteiger partial charge in [-0.05, 0) is 42.7 Å². The van der Waals surface area contributed by atoms with Gasteiger partial charge in [0, 0.05) is 25.1 Å². The number of carbonyl (C=O) groups excluding carboxylic acids is 2. The summed E-state index contributed by atoms with van der Waals surface area (Å²) in [6, 6.07) is 8.33. The van der Waals surface area contributed by atoms with Gasteiger partial charge in [0.2, 0.25) is 5.78 Å². The Morgan fingerprint density at radius 1 is 1.32 bits per heavy atom. The fraction of sp³-hybridized carbons (Fsp3) is 0.211. The van der Waals surface area contributed by atoms with Crippen molar-refractivity contribution >= 4 is 17.8 Å². The molecule has 0 bridgehead atoms. The maximum absolute atomic E-state index is 12.4. The van der Waals surface area contributed by atoms with Crippen molar-refractivity contribution in [3.63, 3.8) is 0 Å². The van der Waals surface area contributed by atoms with Crippen molar-refractivity contribution < 1.29 is 23.8 Å². The number of benzene rings is 1. The van der Waals surface area contributed by atoms with E-state index in [0.29, 0.717) is 30.1 Å². The van der Waals surface area contributed by atoms with Crippen LogP contribution in [0.4, 0.5) is 0 Å². The van der Waals surface area contributed by atoms with E-state index in [-0.39, 0.29) is 11.5 Å². The van der Waals surface area contributed by atoms with E-state index in [1.807, 2.05) is 6.07 Å². The number of allylic oxidation sites excluding steroid dienone is 1. The van der Waals surface area contributed by atoms with E-state index in [2.05, 4.69) is 4.98 Å². The van der Waals surface area contributed by atoms with E-state index in [0.717, 1.165) is 12.0 Å². The van der Waals surface area contributed by atoms with Gasteiger partial charge in [0.05, 0.1) is 5.56 Å². The number of hydrogen-bond donors (Lipinski definition) is 0. The lowest BCUT2D eigenvalue weighted by Crippen LogP contribution is -2.24. The lowest BCUT2D eigenvalue weighted by Gasteiger charge is -2.09. The van der Waals surface area contributed by atoms with Crippen LogP contribution in [-0.2, 0) is 9.53 Å². The Bertz CT molecular complexity index is 853. The average molecular weight is 337 g/mol. The molecule has 1 aromatic carbocycles. The van der Waals surface area contributed by atoms with Gasteiger partial charge in [-0.2, -0.15) is 0 Å². The molecule has 2 aliphatic rings. The summed E-state index contributed by atoms with van der Waals surface area (Å²) in [6.45, 7) is 0.573. The molecule has 1 saturated heterocycles. The maximum atomic E-state index is 12.4. The highest BCUT2D eigenvalue weighted by atomic mass is 16.6. The number of esters is 1. The van der Waals surface area contributed by atoms with Crippen LogP contribution in [0.5, 0.6) is 11.5 Å². The third kappa shape index (κ3) is 3.16. The molecule has 0 amide bonds. The number of hydrogen-bond acceptors (Lipinski definition) is 6. The second-order valence-corrected chi connectivity index (χ2v) is 5.81. The number of nitrogens with zero attached hydrogens (tertiary/aromatic N) is 1. The molecule has 1 atom stereocenters. The Kier molecular flexibility index (Phi) is 4.03. The Morgan fingerprint density at radius 3 is 3.00 bits per heavy atom. The number of pyridine rings is 1. The predicted octanol–water partition coefficient (Wildman–Crippen LogP) is 2.78. The van der Waals surface area contributed by atoms with Gasteiger partial charge in [0.15, 0.2) is 11.9 Å². The average Bonchev–Trinajstić information content (AvgIpc) is 3.25. The number of aromatic nitrogens is 1. The maximum Gasteiger partial charge on any atom is 0.340 e. The molecule has 0 radical (unpaired) electrons. The summed E-state index contributed by atoms with van der Waals surface area (Å²) in [4.78, 5) is 28.4. The summed E-state index contributed by atoms with van der Waals surface area (Å²) in [7, 11) is 0. The second-order valence-electron chi connectivity index (χ2n) is 5.81. The molecule has 4 rings (SSSR count). The van der Waals surface area contributed by atoms with E-state index >= 15 is 0 Å². The Hall–Kier alpha value is -2.99. The molecule has 0 N–H and O–H groups in total. The highest BCUT2D eigenvalue weighted by Gasteiger charge is 2.29. The number of ketones is 1. The van der Waals surface area contributed by atoms with Crippen molar-refractivity contribution in [1.29, 1.82) is 0 Å². The van der Waals surface area contributed by atoms with Crippen LogP contribution in [0.25, 0.3) is 6.08 Å². The summed E-state index contributed by atoms with van der Waals surface area (Å²) in [5.74, 6) is 0.279. The normalized spacial score (nSPS) is 20.4. The fourth-order valence-corrected chi connectivity index (χ4v) is 2.79. The van der Waals surface area contributed by atoms with Gasteiger partial charge in [-0.1, -0.05) is 6.07 Å². The smallest absolute Gasteiger partial charge is 0.340 e. The molecular formula is C19H15NO5. The van der Waals surface area contributed by atoms with Crippen molar-refractivity contribution in [2.75, 3.05) is 6.61 Å². The number of rotatable bonds is 3. The number of ether oxygens (including phenoxy) is 3. The Morgan fingerprint density at radius 2 is 2.24 bits per heavy atom. The molecule has 1 unspecified atom stereocenters. The third-order valence-corrected chi connectivity index (χ3v) is 4.03. The van der Waals surface area contributed by atoms with Crippen molar-refractivity contribution in [2.24, 2.45) is 0 Å². The molecule has 0 spiro atoms. The first kappa shape index (κ1) is 15.5. The van der Waals surface area contributed by atoms with Crippen molar-refractivity contribution in [3.05, 3.63) is 59.6 Å². The van der Waals surface area contributed by atoms with Gasteiger partial charge in [0.1, 0.15) is 11.5 Å². The lowest BCUT2D eigenvalue weighted by atomic mass is 10.1. The standard InChI is InChI=1S/C19H15NO5/c21-18-14-6-5-13(24-19(22)15-4-2-8-23-15)10-16(14)25-17(18)9-12-3-1-7-20-11-12/h1,3,5-7,9-11,15H,2,4,8H2/b17-9-. The largest absolute Gasteiger partial charge is 0.452 e. The second kappa shape index (κ2) is 6.49. The van der Waals surface area contributed by atoms with Crippen LogP contribution in [-0.4, -0.2) is 29.4 Å². The van der Waals surface area contributed by atoms with Gasteiger partial charge in [-0.25, -0.2) is 4.79 Å². The molecule has 0 aliphatic carbocycles. The quantitative estimate of drug-likeness (QED) is 0.487. The summed E-state index contributed by atoms with van der Waals surface area (Å²) >= 11 is 0. The zero-order valence-electron chi connectivity index (χ0n) is 13.3. The molecule has 6 heteroatoms. The first-order chi connectivity index (χ1) is 12.2. The number of fused-ring (bicyclic) bond motifs is 1. The minimum absolute atomic E-state index is 0.212. The minimum Gasteiger partial charge on any atom is -0.452 e. The van der Waals surface area contributed by atoms with Crippen LogP contribution in [0.3, 0.4) is 0 Å². The Labute approximate surface area is 144 Å². The van der Waals surface area contributed by atoms with Crippen LogP contribution in [0.2, 0.25) is 0 Å². The van der Waals surface area contributed by atoms with Crippen molar-refractivity contribution in [1.82, 2.24) is 4.98 Å². The van der Waals surface area contributed by atoms with Crippen LogP contribution in [0, 0.1) is 0 Å². The first-order valence-electron chi connectivity index (χ1n) is 8.02. The molecule has 1 aromatic heterocycles. The van der Waals surface area contributed by atoms with E-state index < -0.39 is 12.1 Å². The Balaban J connectivity index is 1.53. The van der Waals surface area contributed by atoms with Crippen LogP contribution in [0.15, 0.2) is 48.5 Å². The van der Waals surface area contributed by atoms with Gasteiger partial charge in [0.25, 0.3) is 0 Å². The van der Waals surface area contributed by atoms with Gasteiger partial charge in [-0.15, -0.1) is 0 Å². The highest BCUT2D eigenvalue weighted by molar-refractivity contribution is 6.14. The lowest BCUT2D eigenvalue weighted by molar-refractivity contribution is -0.144. The van der Waals surface area contributed by atoms with Crippen LogP contribution in [0.1, 0.15) is 28.8 Å². The van der Waals surface area contributed by atoms with E-state index in [1.54, 1.807) is 42.7 Å². The van der Waals surface area contributed by atoms with Crippen LogP contribution >= 0.6 is 0 Å². The van der Waals surface area contributed by atoms with Gasteiger partial charge < -0.3 is 14.2 Å². The summed E-state index contributed by atoms with van der Waals surface area (Å²) in [5.41, 5.74) is 1.20. The molecule has 2 aromatic rings. The zero-order valence-corrected chi connectivity index (χ0v) is 13.3. The minimum atomic E-state index is -0.517. The first-order valence-corrected chi connectivity index (χ1v) is 8.02. The SMILES string of the molecule is O=C1/C(=C/c2cccnc2)Oc2cc(OC(=O)C3CCCO3)ccc21. The molecule has 2 aliphatic heterocycles. The number of Topliss-reactive ketones (excluding diaryl/α,β-unsaturated/α-hetero) is 1. The van der Waals surface area contributed by atoms with Gasteiger partial charge >= 0.3 is 5.97 Å². The molecule has 126 valence electrons. The van der Waals surface area contributed by atoms with Gasteiger partial charge in [-0.3, -0.25) is 9.78 Å². The number of carbonyl (C=O) groups is 2. The van der Waals surface area contributed by atoms with Crippen molar-refractivity contribution in [2.45, 2.75) is 18.9 Å².